The van der Waals surface area contributed by atoms with Gasteiger partial charge in [-0.3, -0.25) is 4.90 Å². The molecule has 88 valence electrons. The molecule has 0 saturated heterocycles. The van der Waals surface area contributed by atoms with Crippen LogP contribution >= 0.6 is 0 Å². The van der Waals surface area contributed by atoms with Crippen molar-refractivity contribution in [1.82, 2.24) is 4.90 Å². The summed E-state index contributed by atoms with van der Waals surface area (Å²) >= 11 is 0. The van der Waals surface area contributed by atoms with Crippen molar-refractivity contribution in [1.29, 1.82) is 0 Å². The van der Waals surface area contributed by atoms with E-state index in [0.717, 1.165) is 37.6 Å². The number of benzene rings is 1. The van der Waals surface area contributed by atoms with E-state index in [9.17, 15) is 0 Å². The van der Waals surface area contributed by atoms with E-state index < -0.39 is 0 Å². The highest BCUT2D eigenvalue weighted by Gasteiger charge is 2.19. The van der Waals surface area contributed by atoms with Crippen LogP contribution in [-0.2, 0) is 13.0 Å². The Balaban J connectivity index is 1.93. The summed E-state index contributed by atoms with van der Waals surface area (Å²) < 4.78 is 5.98. The van der Waals surface area contributed by atoms with Gasteiger partial charge >= 0.3 is 0 Å². The first-order chi connectivity index (χ1) is 8.36. The summed E-state index contributed by atoms with van der Waals surface area (Å²) in [6, 6.07) is 12.5. The van der Waals surface area contributed by atoms with Gasteiger partial charge in [-0.05, 0) is 24.6 Å². The minimum Gasteiger partial charge on any atom is -0.459 e. The molecule has 0 bridgehead atoms. The van der Waals surface area contributed by atoms with Gasteiger partial charge in [-0.25, -0.2) is 0 Å². The van der Waals surface area contributed by atoms with Gasteiger partial charge in [0, 0.05) is 12.1 Å². The molecule has 17 heavy (non-hydrogen) atoms. The van der Waals surface area contributed by atoms with Crippen LogP contribution in [0.4, 0.5) is 0 Å². The summed E-state index contributed by atoms with van der Waals surface area (Å²) in [4.78, 5) is 2.42. The summed E-state index contributed by atoms with van der Waals surface area (Å²) in [5.41, 5.74) is 2.55. The minimum atomic E-state index is 0.957. The van der Waals surface area contributed by atoms with Gasteiger partial charge in [-0.15, -0.1) is 0 Å². The molecule has 0 N–H and O–H groups in total. The quantitative estimate of drug-likeness (QED) is 0.782. The topological polar surface area (TPSA) is 16.4 Å². The lowest BCUT2D eigenvalue weighted by Crippen LogP contribution is -2.29. The fourth-order valence-corrected chi connectivity index (χ4v) is 2.39. The van der Waals surface area contributed by atoms with Crippen molar-refractivity contribution in [2.45, 2.75) is 19.9 Å². The summed E-state index contributed by atoms with van der Waals surface area (Å²) in [5.74, 6) is 2.16. The molecule has 2 heterocycles. The van der Waals surface area contributed by atoms with E-state index in [-0.39, 0.29) is 0 Å². The molecule has 0 radical (unpaired) electrons. The summed E-state index contributed by atoms with van der Waals surface area (Å²) in [5, 5.41) is 0. The van der Waals surface area contributed by atoms with E-state index >= 15 is 0 Å². The van der Waals surface area contributed by atoms with Gasteiger partial charge in [-0.2, -0.15) is 0 Å². The molecule has 0 aliphatic carbocycles. The Bertz CT molecular complexity index is 501. The van der Waals surface area contributed by atoms with Crippen molar-refractivity contribution in [2.24, 2.45) is 0 Å². The number of likely N-dealkylation sites (N-methyl/N-ethyl adjacent to an activating group) is 1. The SMILES string of the molecule is CCN1CCc2cc(-c3ccccc3)oc2C1. The monoisotopic (exact) mass is 227 g/mol. The maximum Gasteiger partial charge on any atom is 0.134 e. The fourth-order valence-electron chi connectivity index (χ4n) is 2.39. The van der Waals surface area contributed by atoms with Crippen LogP contribution in [0.15, 0.2) is 40.8 Å². The Labute approximate surface area is 102 Å². The Morgan fingerprint density at radius 2 is 2.06 bits per heavy atom. The molecule has 0 saturated carbocycles. The Morgan fingerprint density at radius 1 is 1.24 bits per heavy atom. The standard InChI is InChI=1S/C15H17NO/c1-2-16-9-8-13-10-14(17-15(13)11-16)12-6-4-3-5-7-12/h3-7,10H,2,8-9,11H2,1H3. The number of fused-ring (bicyclic) bond motifs is 1. The Morgan fingerprint density at radius 3 is 2.82 bits per heavy atom. The number of hydrogen-bond donors (Lipinski definition) is 0. The van der Waals surface area contributed by atoms with Gasteiger partial charge in [0.1, 0.15) is 11.5 Å². The first-order valence-corrected chi connectivity index (χ1v) is 6.26. The van der Waals surface area contributed by atoms with E-state index in [1.165, 1.54) is 11.1 Å². The Kier molecular flexibility index (Phi) is 2.73. The van der Waals surface area contributed by atoms with Crippen molar-refractivity contribution in [2.75, 3.05) is 13.1 Å². The number of furan rings is 1. The van der Waals surface area contributed by atoms with Crippen LogP contribution in [0, 0.1) is 0 Å². The van der Waals surface area contributed by atoms with Gasteiger partial charge in [0.05, 0.1) is 6.54 Å². The predicted octanol–water partition coefficient (Wildman–Crippen LogP) is 3.32. The molecule has 2 nitrogen and oxygen atoms in total. The molecular formula is C15H17NO. The molecule has 0 amide bonds. The fraction of sp³-hybridized carbons (Fsp3) is 0.333. The van der Waals surface area contributed by atoms with Crippen LogP contribution in [0.2, 0.25) is 0 Å². The molecule has 2 heteroatoms. The van der Waals surface area contributed by atoms with Gasteiger partial charge in [0.2, 0.25) is 0 Å². The molecule has 1 aromatic heterocycles. The van der Waals surface area contributed by atoms with E-state index in [0.29, 0.717) is 0 Å². The van der Waals surface area contributed by atoms with Gasteiger partial charge in [0.25, 0.3) is 0 Å². The van der Waals surface area contributed by atoms with Crippen molar-refractivity contribution in [3.05, 3.63) is 47.7 Å². The maximum atomic E-state index is 5.98. The van der Waals surface area contributed by atoms with Crippen LogP contribution in [0.5, 0.6) is 0 Å². The second kappa shape index (κ2) is 4.38. The second-order valence-corrected chi connectivity index (χ2v) is 4.54. The minimum absolute atomic E-state index is 0.957. The molecule has 1 aliphatic rings. The van der Waals surface area contributed by atoms with E-state index in [1.54, 1.807) is 0 Å². The van der Waals surface area contributed by atoms with Crippen LogP contribution in [0.1, 0.15) is 18.2 Å². The molecule has 0 atom stereocenters. The largest absolute Gasteiger partial charge is 0.459 e. The predicted molar refractivity (Wildman–Crippen MR) is 68.8 cm³/mol. The third-order valence-corrected chi connectivity index (χ3v) is 3.47. The van der Waals surface area contributed by atoms with Crippen molar-refractivity contribution in [3.8, 4) is 11.3 Å². The van der Waals surface area contributed by atoms with Gasteiger partial charge in [-0.1, -0.05) is 37.3 Å². The highest BCUT2D eigenvalue weighted by molar-refractivity contribution is 5.58. The van der Waals surface area contributed by atoms with Crippen LogP contribution in [-0.4, -0.2) is 18.0 Å². The average Bonchev–Trinajstić information content (AvgIpc) is 2.82. The number of hydrogen-bond acceptors (Lipinski definition) is 2. The van der Waals surface area contributed by atoms with E-state index in [1.807, 2.05) is 6.07 Å². The lowest BCUT2D eigenvalue weighted by atomic mass is 10.1. The highest BCUT2D eigenvalue weighted by Crippen LogP contribution is 2.29. The van der Waals surface area contributed by atoms with Crippen molar-refractivity contribution >= 4 is 0 Å². The zero-order valence-corrected chi connectivity index (χ0v) is 10.1. The Hall–Kier alpha value is -1.54. The summed E-state index contributed by atoms with van der Waals surface area (Å²) in [7, 11) is 0. The summed E-state index contributed by atoms with van der Waals surface area (Å²) in [6.07, 6.45) is 1.11. The van der Waals surface area contributed by atoms with E-state index in [2.05, 4.69) is 42.2 Å². The van der Waals surface area contributed by atoms with Crippen LogP contribution in [0.25, 0.3) is 11.3 Å². The second-order valence-electron chi connectivity index (χ2n) is 4.54. The van der Waals surface area contributed by atoms with Crippen LogP contribution in [0.3, 0.4) is 0 Å². The van der Waals surface area contributed by atoms with E-state index in [4.69, 9.17) is 4.42 Å². The lowest BCUT2D eigenvalue weighted by Gasteiger charge is -2.23. The maximum absolute atomic E-state index is 5.98. The lowest BCUT2D eigenvalue weighted by molar-refractivity contribution is 0.241. The van der Waals surface area contributed by atoms with Gasteiger partial charge < -0.3 is 4.42 Å². The summed E-state index contributed by atoms with van der Waals surface area (Å²) in [6.45, 7) is 5.41. The van der Waals surface area contributed by atoms with Crippen molar-refractivity contribution in [3.63, 3.8) is 0 Å². The molecule has 1 aliphatic heterocycles. The zero-order chi connectivity index (χ0) is 11.7. The first-order valence-electron chi connectivity index (χ1n) is 6.26. The average molecular weight is 227 g/mol. The smallest absolute Gasteiger partial charge is 0.134 e. The molecule has 0 fully saturated rings. The normalized spacial score (nSPS) is 15.8. The molecule has 2 aromatic rings. The van der Waals surface area contributed by atoms with Crippen molar-refractivity contribution < 1.29 is 4.42 Å². The van der Waals surface area contributed by atoms with Gasteiger partial charge in [0.15, 0.2) is 0 Å². The molecule has 3 rings (SSSR count). The number of nitrogens with zero attached hydrogens (tertiary/aromatic N) is 1. The number of rotatable bonds is 2. The zero-order valence-electron chi connectivity index (χ0n) is 10.1. The highest BCUT2D eigenvalue weighted by atomic mass is 16.3. The third-order valence-electron chi connectivity index (χ3n) is 3.47. The molecule has 1 aromatic carbocycles. The molecular weight excluding hydrogens is 210 g/mol. The molecule has 0 unspecified atom stereocenters. The van der Waals surface area contributed by atoms with Crippen LogP contribution < -0.4 is 0 Å². The first kappa shape index (κ1) is 10.6. The molecule has 0 spiro atoms. The third kappa shape index (κ3) is 2.01.